The van der Waals surface area contributed by atoms with E-state index in [0.717, 1.165) is 0 Å². The first-order valence-corrected chi connectivity index (χ1v) is 7.99. The zero-order valence-corrected chi connectivity index (χ0v) is 11.8. The van der Waals surface area contributed by atoms with E-state index in [-0.39, 0.29) is 16.7 Å². The Balaban J connectivity index is 2.19. The number of hydrogen-bond donors (Lipinski definition) is 1. The number of fused-ring (bicyclic) bond motifs is 1. The average molecular weight is 307 g/mol. The lowest BCUT2D eigenvalue weighted by molar-refractivity contribution is -0.139. The van der Waals surface area contributed by atoms with Crippen molar-refractivity contribution in [3.63, 3.8) is 0 Å². The number of halogens is 3. The van der Waals surface area contributed by atoms with Gasteiger partial charge in [0.15, 0.2) is 9.84 Å². The Morgan fingerprint density at radius 1 is 1.35 bits per heavy atom. The second kappa shape index (κ2) is 5.37. The highest BCUT2D eigenvalue weighted by Crippen LogP contribution is 2.33. The topological polar surface area (TPSA) is 46.2 Å². The third kappa shape index (κ3) is 3.52. The summed E-state index contributed by atoms with van der Waals surface area (Å²) < 4.78 is 60.9. The molecule has 7 heteroatoms. The zero-order valence-electron chi connectivity index (χ0n) is 10.9. The van der Waals surface area contributed by atoms with Crippen molar-refractivity contribution in [2.45, 2.75) is 42.9 Å². The maximum atomic E-state index is 12.3. The van der Waals surface area contributed by atoms with Crippen molar-refractivity contribution >= 4 is 9.84 Å². The van der Waals surface area contributed by atoms with E-state index in [2.05, 4.69) is 5.32 Å². The van der Waals surface area contributed by atoms with Crippen LogP contribution < -0.4 is 5.32 Å². The van der Waals surface area contributed by atoms with Crippen molar-refractivity contribution < 1.29 is 21.6 Å². The van der Waals surface area contributed by atoms with Gasteiger partial charge in [-0.1, -0.05) is 18.2 Å². The summed E-state index contributed by atoms with van der Waals surface area (Å²) in [6.07, 6.45) is -4.87. The summed E-state index contributed by atoms with van der Waals surface area (Å²) in [7, 11) is -3.31. The van der Waals surface area contributed by atoms with Gasteiger partial charge in [0.05, 0.1) is 17.1 Å². The van der Waals surface area contributed by atoms with Crippen LogP contribution in [0, 0.1) is 0 Å². The third-order valence-electron chi connectivity index (χ3n) is 3.33. The fraction of sp³-hybridized carbons (Fsp3) is 0.538. The van der Waals surface area contributed by atoms with Gasteiger partial charge in [-0.05, 0) is 25.0 Å². The van der Waals surface area contributed by atoms with Gasteiger partial charge in [-0.3, -0.25) is 0 Å². The Bertz CT molecular complexity index is 584. The molecular formula is C13H16F3NO2S. The maximum absolute atomic E-state index is 12.3. The normalized spacial score (nSPS) is 23.1. The summed E-state index contributed by atoms with van der Waals surface area (Å²) in [4.78, 5) is 0.225. The van der Waals surface area contributed by atoms with Crippen molar-refractivity contribution in [1.82, 2.24) is 5.32 Å². The number of rotatable bonds is 3. The highest BCUT2D eigenvalue weighted by molar-refractivity contribution is 7.91. The first-order valence-electron chi connectivity index (χ1n) is 6.33. The van der Waals surface area contributed by atoms with Crippen molar-refractivity contribution in [3.8, 4) is 0 Å². The van der Waals surface area contributed by atoms with Crippen LogP contribution in [0.25, 0.3) is 0 Å². The van der Waals surface area contributed by atoms with Crippen LogP contribution in [0.2, 0.25) is 0 Å². The number of benzene rings is 1. The Morgan fingerprint density at radius 3 is 2.65 bits per heavy atom. The molecule has 2 atom stereocenters. The Kier molecular flexibility index (Phi) is 4.11. The highest BCUT2D eigenvalue weighted by atomic mass is 32.2. The Labute approximate surface area is 116 Å². The van der Waals surface area contributed by atoms with Crippen LogP contribution in [-0.4, -0.2) is 26.4 Å². The van der Waals surface area contributed by atoms with Crippen LogP contribution >= 0.6 is 0 Å². The van der Waals surface area contributed by atoms with Gasteiger partial charge >= 0.3 is 6.18 Å². The van der Waals surface area contributed by atoms with Gasteiger partial charge in [0.1, 0.15) is 0 Å². The molecule has 2 rings (SSSR count). The fourth-order valence-electron chi connectivity index (χ4n) is 2.51. The van der Waals surface area contributed by atoms with Gasteiger partial charge in [0.25, 0.3) is 0 Å². The largest absolute Gasteiger partial charge is 0.390 e. The van der Waals surface area contributed by atoms with Crippen LogP contribution in [0.4, 0.5) is 13.2 Å². The van der Waals surface area contributed by atoms with Gasteiger partial charge in [-0.2, -0.15) is 13.2 Å². The number of alkyl halides is 3. The fourth-order valence-corrected chi connectivity index (χ4v) is 4.13. The molecule has 0 aromatic heterocycles. The monoisotopic (exact) mass is 307 g/mol. The van der Waals surface area contributed by atoms with Crippen LogP contribution in [0.15, 0.2) is 29.2 Å². The van der Waals surface area contributed by atoms with Crippen molar-refractivity contribution in [2.75, 3.05) is 5.75 Å². The second-order valence-electron chi connectivity index (χ2n) is 5.08. The molecule has 1 aromatic carbocycles. The number of nitrogens with one attached hydrogen (secondary N) is 1. The standard InChI is InChI=1S/C13H16F3NO2S/c1-9(8-13(14,15)16)17-11-6-7-20(18,19)12-5-3-2-4-10(11)12/h2-5,9,11,17H,6-8H2,1H3. The molecule has 0 amide bonds. The summed E-state index contributed by atoms with van der Waals surface area (Å²) in [5.41, 5.74) is 0.563. The second-order valence-corrected chi connectivity index (χ2v) is 7.16. The number of sulfone groups is 1. The first-order chi connectivity index (χ1) is 9.19. The average Bonchev–Trinajstić information content (AvgIpc) is 2.31. The summed E-state index contributed by atoms with van der Waals surface area (Å²) in [5, 5.41) is 2.88. The van der Waals surface area contributed by atoms with Gasteiger partial charge < -0.3 is 5.32 Å². The van der Waals surface area contributed by atoms with E-state index in [0.29, 0.717) is 12.0 Å². The summed E-state index contributed by atoms with van der Waals surface area (Å²) in [5.74, 6) is -0.0413. The summed E-state index contributed by atoms with van der Waals surface area (Å²) >= 11 is 0. The molecule has 0 aliphatic carbocycles. The summed E-state index contributed by atoms with van der Waals surface area (Å²) in [6, 6.07) is 5.37. The van der Waals surface area contributed by atoms with Crippen LogP contribution in [0.1, 0.15) is 31.4 Å². The zero-order chi connectivity index (χ0) is 15.0. The maximum Gasteiger partial charge on any atom is 0.390 e. The van der Waals surface area contributed by atoms with E-state index < -0.39 is 28.5 Å². The van der Waals surface area contributed by atoms with Crippen molar-refractivity contribution in [2.24, 2.45) is 0 Å². The molecule has 0 spiro atoms. The minimum absolute atomic E-state index is 0.0413. The molecule has 1 aliphatic rings. The quantitative estimate of drug-likeness (QED) is 0.934. The molecule has 1 N–H and O–H groups in total. The van der Waals surface area contributed by atoms with Crippen LogP contribution in [-0.2, 0) is 9.84 Å². The lowest BCUT2D eigenvalue weighted by atomic mass is 10.0. The Morgan fingerprint density at radius 2 is 2.00 bits per heavy atom. The van der Waals surface area contributed by atoms with Gasteiger partial charge in [-0.15, -0.1) is 0 Å². The first kappa shape index (κ1) is 15.3. The van der Waals surface area contributed by atoms with Crippen molar-refractivity contribution in [1.29, 1.82) is 0 Å². The lowest BCUT2D eigenvalue weighted by Gasteiger charge is -2.29. The molecule has 0 bridgehead atoms. The molecular weight excluding hydrogens is 291 g/mol. The molecule has 0 fully saturated rings. The van der Waals surface area contributed by atoms with E-state index in [1.54, 1.807) is 18.2 Å². The molecule has 1 aliphatic heterocycles. The van der Waals surface area contributed by atoms with Crippen LogP contribution in [0.3, 0.4) is 0 Å². The Hall–Kier alpha value is -1.08. The predicted molar refractivity (Wildman–Crippen MR) is 69.1 cm³/mol. The van der Waals surface area contributed by atoms with Crippen molar-refractivity contribution in [3.05, 3.63) is 29.8 Å². The van der Waals surface area contributed by atoms with E-state index >= 15 is 0 Å². The predicted octanol–water partition coefficient (Wildman–Crippen LogP) is 2.84. The summed E-state index contributed by atoms with van der Waals surface area (Å²) in [6.45, 7) is 1.46. The van der Waals surface area contributed by atoms with Gasteiger partial charge in [0.2, 0.25) is 0 Å². The van der Waals surface area contributed by atoms with E-state index in [9.17, 15) is 21.6 Å². The molecule has 0 saturated heterocycles. The molecule has 0 radical (unpaired) electrons. The third-order valence-corrected chi connectivity index (χ3v) is 5.14. The number of hydrogen-bond acceptors (Lipinski definition) is 3. The molecule has 112 valence electrons. The van der Waals surface area contributed by atoms with Crippen LogP contribution in [0.5, 0.6) is 0 Å². The van der Waals surface area contributed by atoms with E-state index in [1.807, 2.05) is 0 Å². The molecule has 1 heterocycles. The highest BCUT2D eigenvalue weighted by Gasteiger charge is 2.34. The molecule has 2 unspecified atom stereocenters. The van der Waals surface area contributed by atoms with E-state index in [1.165, 1.54) is 13.0 Å². The minimum Gasteiger partial charge on any atom is -0.307 e. The van der Waals surface area contributed by atoms with Gasteiger partial charge in [0, 0.05) is 12.1 Å². The SMILES string of the molecule is CC(CC(F)(F)F)NC1CCS(=O)(=O)c2ccccc21. The molecule has 20 heavy (non-hydrogen) atoms. The molecule has 1 aromatic rings. The molecule has 0 saturated carbocycles. The smallest absolute Gasteiger partial charge is 0.307 e. The van der Waals surface area contributed by atoms with Gasteiger partial charge in [-0.25, -0.2) is 8.42 Å². The minimum atomic E-state index is -4.23. The lowest BCUT2D eigenvalue weighted by Crippen LogP contribution is -2.37. The van der Waals surface area contributed by atoms with E-state index in [4.69, 9.17) is 0 Å². The molecule has 3 nitrogen and oxygen atoms in total.